The fourth-order valence-electron chi connectivity index (χ4n) is 3.89. The van der Waals surface area contributed by atoms with Crippen LogP contribution in [0.3, 0.4) is 0 Å². The first-order valence-electron chi connectivity index (χ1n) is 10.4. The lowest BCUT2D eigenvalue weighted by Crippen LogP contribution is -2.47. The fourth-order valence-corrected chi connectivity index (χ4v) is 4.92. The number of carbonyl (C=O) groups is 1. The molecule has 178 valence electrons. The third-order valence-corrected chi connectivity index (χ3v) is 7.50. The topological polar surface area (TPSA) is 88.0 Å². The molecule has 2 aromatic rings. The van der Waals surface area contributed by atoms with E-state index in [1.165, 1.54) is 11.1 Å². The SMILES string of the molecule is C[C@H](c1ccc2c(c1)OCC2)N1CCN(c2ncc(S(C)(=O)=NC(=O)C(F)(F)F)cn2)CC1. The van der Waals surface area contributed by atoms with E-state index in [9.17, 15) is 22.2 Å². The van der Waals surface area contributed by atoms with Crippen molar-refractivity contribution in [3.8, 4) is 5.75 Å². The third kappa shape index (κ3) is 5.11. The minimum Gasteiger partial charge on any atom is -0.493 e. The zero-order valence-corrected chi connectivity index (χ0v) is 19.0. The van der Waals surface area contributed by atoms with Crippen molar-refractivity contribution >= 4 is 21.6 Å². The summed E-state index contributed by atoms with van der Waals surface area (Å²) in [5, 5.41) is 0. The molecule has 0 spiro atoms. The maximum atomic E-state index is 12.5. The molecule has 0 bridgehead atoms. The van der Waals surface area contributed by atoms with Crippen molar-refractivity contribution in [2.75, 3.05) is 43.9 Å². The number of anilines is 1. The van der Waals surface area contributed by atoms with Gasteiger partial charge in [-0.2, -0.15) is 13.2 Å². The van der Waals surface area contributed by atoms with Crippen molar-refractivity contribution in [1.82, 2.24) is 14.9 Å². The summed E-state index contributed by atoms with van der Waals surface area (Å²) in [7, 11) is -3.60. The van der Waals surface area contributed by atoms with Crippen LogP contribution >= 0.6 is 0 Å². The number of halogens is 3. The van der Waals surface area contributed by atoms with E-state index < -0.39 is 21.8 Å². The molecule has 0 radical (unpaired) electrons. The molecule has 0 aliphatic carbocycles. The lowest BCUT2D eigenvalue weighted by atomic mass is 10.0. The molecule has 12 heteroatoms. The second kappa shape index (κ2) is 8.90. The maximum Gasteiger partial charge on any atom is 0.474 e. The van der Waals surface area contributed by atoms with Crippen LogP contribution in [0.5, 0.6) is 5.75 Å². The molecule has 1 aromatic carbocycles. The molecule has 4 rings (SSSR count). The second-order valence-corrected chi connectivity index (χ2v) is 10.3. The lowest BCUT2D eigenvalue weighted by molar-refractivity contribution is -0.169. The quantitative estimate of drug-likeness (QED) is 0.661. The summed E-state index contributed by atoms with van der Waals surface area (Å²) in [4.78, 5) is 23.6. The number of rotatable bonds is 4. The zero-order valence-electron chi connectivity index (χ0n) is 18.2. The highest BCUT2D eigenvalue weighted by Gasteiger charge is 2.39. The van der Waals surface area contributed by atoms with Crippen molar-refractivity contribution in [2.24, 2.45) is 4.36 Å². The monoisotopic (exact) mass is 483 g/mol. The predicted octanol–water partition coefficient (Wildman–Crippen LogP) is 2.84. The maximum absolute atomic E-state index is 12.5. The molecule has 0 N–H and O–H groups in total. The Morgan fingerprint density at radius 3 is 2.48 bits per heavy atom. The Kier molecular flexibility index (Phi) is 6.32. The van der Waals surface area contributed by atoms with Crippen molar-refractivity contribution in [3.05, 3.63) is 41.7 Å². The van der Waals surface area contributed by atoms with Crippen molar-refractivity contribution < 1.29 is 26.9 Å². The third-order valence-electron chi connectivity index (χ3n) is 5.90. The van der Waals surface area contributed by atoms with Crippen molar-refractivity contribution in [2.45, 2.75) is 30.5 Å². The van der Waals surface area contributed by atoms with E-state index >= 15 is 0 Å². The minimum absolute atomic E-state index is 0.130. The van der Waals surface area contributed by atoms with Gasteiger partial charge in [-0.05, 0) is 24.1 Å². The van der Waals surface area contributed by atoms with E-state index in [0.717, 1.165) is 50.5 Å². The zero-order chi connectivity index (χ0) is 23.8. The molecule has 8 nitrogen and oxygen atoms in total. The van der Waals surface area contributed by atoms with Gasteiger partial charge in [0.05, 0.1) is 21.2 Å². The van der Waals surface area contributed by atoms with Crippen LogP contribution in [-0.4, -0.2) is 70.2 Å². The summed E-state index contributed by atoms with van der Waals surface area (Å²) >= 11 is 0. The van der Waals surface area contributed by atoms with E-state index in [0.29, 0.717) is 19.0 Å². The van der Waals surface area contributed by atoms with Gasteiger partial charge in [-0.15, -0.1) is 4.36 Å². The fraction of sp³-hybridized carbons (Fsp3) is 0.476. The Bertz CT molecular complexity index is 1150. The van der Waals surface area contributed by atoms with Crippen LogP contribution in [0.25, 0.3) is 0 Å². The first kappa shape index (κ1) is 23.4. The molecule has 2 aliphatic rings. The number of nitrogens with zero attached hydrogens (tertiary/aromatic N) is 5. The van der Waals surface area contributed by atoms with Gasteiger partial charge in [0.15, 0.2) is 0 Å². The number of ether oxygens (including phenoxy) is 1. The number of piperazine rings is 1. The molecule has 1 aromatic heterocycles. The van der Waals surface area contributed by atoms with Gasteiger partial charge in [0, 0.05) is 57.3 Å². The van der Waals surface area contributed by atoms with E-state index in [1.807, 2.05) is 4.90 Å². The second-order valence-electron chi connectivity index (χ2n) is 8.08. The smallest absolute Gasteiger partial charge is 0.474 e. The van der Waals surface area contributed by atoms with Crippen LogP contribution in [0.15, 0.2) is 39.9 Å². The molecule has 2 atom stereocenters. The van der Waals surface area contributed by atoms with E-state index in [4.69, 9.17) is 4.74 Å². The average molecular weight is 484 g/mol. The van der Waals surface area contributed by atoms with Gasteiger partial charge >= 0.3 is 12.1 Å². The number of benzene rings is 1. The molecule has 3 heterocycles. The molecule has 33 heavy (non-hydrogen) atoms. The molecule has 1 fully saturated rings. The molecule has 0 saturated carbocycles. The van der Waals surface area contributed by atoms with Gasteiger partial charge in [-0.25, -0.2) is 14.2 Å². The van der Waals surface area contributed by atoms with Crippen LogP contribution in [0.2, 0.25) is 0 Å². The lowest BCUT2D eigenvalue weighted by Gasteiger charge is -2.38. The first-order valence-corrected chi connectivity index (χ1v) is 12.4. The summed E-state index contributed by atoms with van der Waals surface area (Å²) in [6.07, 6.45) is -0.946. The highest BCUT2D eigenvalue weighted by atomic mass is 32.2. The Balaban J connectivity index is 1.39. The molecule has 1 unspecified atom stereocenters. The summed E-state index contributed by atoms with van der Waals surface area (Å²) in [6.45, 7) is 5.73. The largest absolute Gasteiger partial charge is 0.493 e. The number of hydrogen-bond donors (Lipinski definition) is 0. The molecule has 1 amide bonds. The van der Waals surface area contributed by atoms with Gasteiger partial charge in [-0.3, -0.25) is 9.69 Å². The van der Waals surface area contributed by atoms with Crippen LogP contribution < -0.4 is 9.64 Å². The van der Waals surface area contributed by atoms with E-state index in [2.05, 4.69) is 44.4 Å². The summed E-state index contributed by atoms with van der Waals surface area (Å²) < 4.78 is 58.3. The highest BCUT2D eigenvalue weighted by molar-refractivity contribution is 7.93. The van der Waals surface area contributed by atoms with Gasteiger partial charge in [0.2, 0.25) is 5.95 Å². The molecular weight excluding hydrogens is 459 g/mol. The summed E-state index contributed by atoms with van der Waals surface area (Å²) in [5.74, 6) is -1.05. The number of amides is 1. The number of aromatic nitrogens is 2. The Labute approximate surface area is 190 Å². The average Bonchev–Trinajstić information content (AvgIpc) is 3.26. The van der Waals surface area contributed by atoms with Crippen LogP contribution in [0.4, 0.5) is 19.1 Å². The Hall–Kier alpha value is -2.73. The highest BCUT2D eigenvalue weighted by Crippen LogP contribution is 2.31. The molecule has 1 saturated heterocycles. The van der Waals surface area contributed by atoms with Crippen LogP contribution in [-0.2, 0) is 20.9 Å². The van der Waals surface area contributed by atoms with Crippen molar-refractivity contribution in [3.63, 3.8) is 0 Å². The van der Waals surface area contributed by atoms with Gasteiger partial charge in [-0.1, -0.05) is 12.1 Å². The Morgan fingerprint density at radius 2 is 1.85 bits per heavy atom. The summed E-state index contributed by atoms with van der Waals surface area (Å²) in [6, 6.07) is 6.59. The van der Waals surface area contributed by atoms with E-state index in [-0.39, 0.29) is 10.9 Å². The number of carbonyl (C=O) groups excluding carboxylic acids is 1. The van der Waals surface area contributed by atoms with E-state index in [1.54, 1.807) is 0 Å². The van der Waals surface area contributed by atoms with Crippen molar-refractivity contribution in [1.29, 1.82) is 0 Å². The van der Waals surface area contributed by atoms with Gasteiger partial charge < -0.3 is 9.64 Å². The molecular formula is C21H24F3N5O3S. The first-order chi connectivity index (χ1) is 15.5. The van der Waals surface area contributed by atoms with Gasteiger partial charge in [0.25, 0.3) is 0 Å². The number of fused-ring (bicyclic) bond motifs is 1. The van der Waals surface area contributed by atoms with Gasteiger partial charge in [0.1, 0.15) is 5.75 Å². The Morgan fingerprint density at radius 1 is 1.18 bits per heavy atom. The predicted molar refractivity (Wildman–Crippen MR) is 116 cm³/mol. The van der Waals surface area contributed by atoms with Crippen LogP contribution in [0, 0.1) is 0 Å². The summed E-state index contributed by atoms with van der Waals surface area (Å²) in [5.41, 5.74) is 2.43. The number of hydrogen-bond acceptors (Lipinski definition) is 7. The minimum atomic E-state index is -5.18. The number of alkyl halides is 3. The standard InChI is InChI=1S/C21H24F3N5O3S/c1-14(16-4-3-15-5-10-32-18(15)11-16)28-6-8-29(9-7-28)20-25-12-17(13-26-20)33(2,31)27-19(30)21(22,23)24/h3-4,11-14H,5-10H2,1-2H3/t14-,33?/m1/s1. The van der Waals surface area contributed by atoms with Crippen LogP contribution in [0.1, 0.15) is 24.1 Å². The normalized spacial score (nSPS) is 19.4. The molecule has 2 aliphatic heterocycles.